The first kappa shape index (κ1) is 17.3. The minimum atomic E-state index is -3.55. The van der Waals surface area contributed by atoms with E-state index in [2.05, 4.69) is 9.39 Å². The van der Waals surface area contributed by atoms with Gasteiger partial charge in [0.05, 0.1) is 16.7 Å². The molecule has 0 saturated carbocycles. The summed E-state index contributed by atoms with van der Waals surface area (Å²) in [6, 6.07) is 16.9. The molecule has 0 bridgehead atoms. The number of aliphatic hydroxyl groups excluding tert-OH is 1. The highest BCUT2D eigenvalue weighted by Gasteiger charge is 2.40. The maximum atomic E-state index is 13.6. The van der Waals surface area contributed by atoms with Gasteiger partial charge in [0.1, 0.15) is 6.04 Å². The molecule has 0 aromatic heterocycles. The lowest BCUT2D eigenvalue weighted by molar-refractivity contribution is -0.137. The van der Waals surface area contributed by atoms with Gasteiger partial charge in [0.2, 0.25) is 0 Å². The van der Waals surface area contributed by atoms with E-state index in [9.17, 15) is 14.5 Å². The van der Waals surface area contributed by atoms with Gasteiger partial charge in [0, 0.05) is 13.0 Å². The van der Waals surface area contributed by atoms with E-state index in [1.54, 1.807) is 53.2 Å². The average Bonchev–Trinajstić information content (AvgIpc) is 2.95. The van der Waals surface area contributed by atoms with Gasteiger partial charge in [0.15, 0.2) is 0 Å². The predicted molar refractivity (Wildman–Crippen MR) is 96.7 cm³/mol. The van der Waals surface area contributed by atoms with Crippen LogP contribution in [0.15, 0.2) is 60.7 Å². The fraction of sp³-hybridized carbons (Fsp3) is 0.235. The highest BCUT2D eigenvalue weighted by atomic mass is 31.2. The van der Waals surface area contributed by atoms with Gasteiger partial charge in [-0.1, -0.05) is 45.8 Å². The number of aliphatic hydroxyl groups is 1. The first-order valence-corrected chi connectivity index (χ1v) is 9.79. The van der Waals surface area contributed by atoms with E-state index in [0.29, 0.717) is 17.2 Å². The van der Waals surface area contributed by atoms with Gasteiger partial charge in [-0.05, 0) is 24.3 Å². The molecule has 7 heteroatoms. The Hall–Kier alpha value is -1.51. The molecule has 126 valence electrons. The number of β-amino-alcohol motifs (C(OH)–C–C–N with tert-alkyl or cyclic N) is 1. The molecule has 1 fully saturated rings. The van der Waals surface area contributed by atoms with Crippen molar-refractivity contribution in [2.75, 3.05) is 6.54 Å². The monoisotopic (exact) mass is 363 g/mol. The number of benzene rings is 2. The van der Waals surface area contributed by atoms with E-state index in [1.165, 1.54) is 0 Å². The van der Waals surface area contributed by atoms with Crippen molar-refractivity contribution < 1.29 is 19.0 Å². The lowest BCUT2D eigenvalue weighted by Crippen LogP contribution is -2.32. The van der Waals surface area contributed by atoms with Crippen molar-refractivity contribution in [2.45, 2.75) is 18.6 Å². The molecule has 1 aliphatic heterocycles. The number of carbonyl (C=O) groups excluding carboxylic acids is 1. The van der Waals surface area contributed by atoms with Gasteiger partial charge in [-0.2, -0.15) is 0 Å². The van der Waals surface area contributed by atoms with Gasteiger partial charge in [-0.15, -0.1) is 0 Å². The van der Waals surface area contributed by atoms with Crippen LogP contribution in [0.2, 0.25) is 0 Å². The third-order valence-corrected chi connectivity index (χ3v) is 6.96. The third-order valence-electron chi connectivity index (χ3n) is 4.00. The summed E-state index contributed by atoms with van der Waals surface area (Å²) in [6.45, 7) is 0.366. The first-order valence-electron chi connectivity index (χ1n) is 7.65. The quantitative estimate of drug-likeness (QED) is 0.838. The molecular weight excluding hydrogens is 344 g/mol. The molecule has 3 atom stereocenters. The van der Waals surface area contributed by atoms with Gasteiger partial charge in [0.25, 0.3) is 0 Å². The summed E-state index contributed by atoms with van der Waals surface area (Å²) in [4.78, 5) is 12.6. The van der Waals surface area contributed by atoms with Crippen LogP contribution in [0.1, 0.15) is 6.42 Å². The first-order chi connectivity index (χ1) is 11.5. The van der Waals surface area contributed by atoms with Crippen molar-refractivity contribution in [3.05, 3.63) is 60.7 Å². The van der Waals surface area contributed by atoms with Crippen molar-refractivity contribution in [1.82, 2.24) is 4.67 Å². The summed E-state index contributed by atoms with van der Waals surface area (Å²) in [5.74, 6) is -0.586. The Morgan fingerprint density at radius 3 is 2.00 bits per heavy atom. The van der Waals surface area contributed by atoms with Gasteiger partial charge in [-0.25, -0.2) is 0 Å². The Morgan fingerprint density at radius 2 is 1.58 bits per heavy atom. The molecule has 3 rings (SSSR count). The largest absolute Gasteiger partial charge is 0.404 e. The van der Waals surface area contributed by atoms with Crippen molar-refractivity contribution in [1.29, 1.82) is 0 Å². The Kier molecular flexibility index (Phi) is 5.17. The number of nitrogens with zero attached hydrogens (tertiary/aromatic N) is 1. The Balaban J connectivity index is 1.95. The molecule has 24 heavy (non-hydrogen) atoms. The van der Waals surface area contributed by atoms with Crippen molar-refractivity contribution in [3.8, 4) is 0 Å². The molecule has 0 radical (unpaired) electrons. The normalized spacial score (nSPS) is 21.6. The van der Waals surface area contributed by atoms with Crippen LogP contribution in [0.4, 0.5) is 0 Å². The van der Waals surface area contributed by atoms with E-state index in [-0.39, 0.29) is 6.42 Å². The molecule has 1 saturated heterocycles. The maximum absolute atomic E-state index is 13.6. The molecule has 5 nitrogen and oxygen atoms in total. The summed E-state index contributed by atoms with van der Waals surface area (Å²) >= 11 is 0. The zero-order valence-electron chi connectivity index (χ0n) is 13.0. The van der Waals surface area contributed by atoms with Gasteiger partial charge >= 0.3 is 13.3 Å². The summed E-state index contributed by atoms with van der Waals surface area (Å²) in [5, 5.41) is 10.7. The lowest BCUT2D eigenvalue weighted by Gasteiger charge is -2.23. The molecule has 1 aliphatic rings. The van der Waals surface area contributed by atoms with Gasteiger partial charge in [-0.3, -0.25) is 14.0 Å². The fourth-order valence-electron chi connectivity index (χ4n) is 2.76. The smallest absolute Gasteiger partial charge is 0.329 e. The van der Waals surface area contributed by atoms with Crippen LogP contribution >= 0.6 is 16.8 Å². The van der Waals surface area contributed by atoms with E-state index in [1.807, 2.05) is 12.1 Å². The zero-order chi connectivity index (χ0) is 17.2. The van der Waals surface area contributed by atoms with Crippen LogP contribution in [0.3, 0.4) is 0 Å². The molecule has 0 aliphatic carbocycles. The highest BCUT2D eigenvalue weighted by Crippen LogP contribution is 2.45. The van der Waals surface area contributed by atoms with Crippen molar-refractivity contribution >= 4 is 33.3 Å². The number of carbonyl (C=O) groups is 1. The van der Waals surface area contributed by atoms with Crippen LogP contribution in [0.5, 0.6) is 0 Å². The number of hydrogen-bond acceptors (Lipinski definition) is 5. The van der Waals surface area contributed by atoms with E-state index < -0.39 is 25.5 Å². The minimum Gasteiger partial charge on any atom is -0.404 e. The van der Waals surface area contributed by atoms with Crippen LogP contribution < -0.4 is 10.6 Å². The second kappa shape index (κ2) is 7.16. The third kappa shape index (κ3) is 3.45. The van der Waals surface area contributed by atoms with Crippen LogP contribution in [0, 0.1) is 0 Å². The molecular formula is C17H19NO4P2. The summed E-state index contributed by atoms with van der Waals surface area (Å²) in [5.41, 5.74) is 0. The van der Waals surface area contributed by atoms with Crippen LogP contribution in [-0.4, -0.2) is 34.4 Å². The standard InChI is InChI=1S/C17H19NO4P2/c19-13-11-16(18(23)12-13)17(20)22-24(21,14-7-3-1-4-8-14)15-9-5-2-6-10-15/h1-10,13,16,19H,11-12,23H2/t13-,16+/m1/s1. The molecule has 2 aromatic rings. The Morgan fingerprint density at radius 1 is 1.08 bits per heavy atom. The molecule has 1 N–H and O–H groups in total. The predicted octanol–water partition coefficient (Wildman–Crippen LogP) is 1.68. The topological polar surface area (TPSA) is 66.8 Å². The zero-order valence-corrected chi connectivity index (χ0v) is 15.0. The van der Waals surface area contributed by atoms with E-state index >= 15 is 0 Å². The molecule has 0 spiro atoms. The average molecular weight is 363 g/mol. The summed E-state index contributed by atoms with van der Waals surface area (Å²) in [7, 11) is -1.13. The second-order valence-electron chi connectivity index (χ2n) is 5.74. The molecule has 1 unspecified atom stereocenters. The molecule has 0 amide bonds. The summed E-state index contributed by atoms with van der Waals surface area (Å²) in [6.07, 6.45) is -0.320. The van der Waals surface area contributed by atoms with Crippen LogP contribution in [0.25, 0.3) is 0 Å². The molecule has 2 aromatic carbocycles. The van der Waals surface area contributed by atoms with Crippen molar-refractivity contribution in [2.24, 2.45) is 0 Å². The van der Waals surface area contributed by atoms with E-state index in [0.717, 1.165) is 0 Å². The number of hydrogen-bond donors (Lipinski definition) is 1. The second-order valence-corrected chi connectivity index (χ2v) is 8.72. The number of rotatable bonds is 4. The fourth-order valence-corrected chi connectivity index (χ4v) is 5.26. The maximum Gasteiger partial charge on any atom is 0.329 e. The van der Waals surface area contributed by atoms with E-state index in [4.69, 9.17) is 4.52 Å². The van der Waals surface area contributed by atoms with Crippen LogP contribution in [-0.2, 0) is 13.9 Å². The Labute approximate surface area is 143 Å². The van der Waals surface area contributed by atoms with Crippen molar-refractivity contribution in [3.63, 3.8) is 0 Å². The highest BCUT2D eigenvalue weighted by molar-refractivity contribution is 7.74. The SMILES string of the molecule is O=C(OP(=O)(c1ccccc1)c1ccccc1)[C@@H]1C[C@@H](O)CN1P. The Bertz CT molecular complexity index is 710. The minimum absolute atomic E-state index is 0.270. The molecule has 1 heterocycles. The summed E-state index contributed by atoms with van der Waals surface area (Å²) < 4.78 is 20.9. The lowest BCUT2D eigenvalue weighted by atomic mass is 10.2. The van der Waals surface area contributed by atoms with Gasteiger partial charge < -0.3 is 9.63 Å².